The zero-order valence-electron chi connectivity index (χ0n) is 12.4. The van der Waals surface area contributed by atoms with Crippen molar-refractivity contribution in [3.05, 3.63) is 41.5 Å². The Bertz CT molecular complexity index is 609. The van der Waals surface area contributed by atoms with Crippen LogP contribution in [0.5, 0.6) is 5.88 Å². The summed E-state index contributed by atoms with van der Waals surface area (Å²) in [6.07, 6.45) is 0.0432. The van der Waals surface area contributed by atoms with Crippen LogP contribution in [0.1, 0.15) is 25.0 Å². The number of rotatable bonds is 4. The zero-order valence-corrected chi connectivity index (χ0v) is 12.4. The molecule has 3 N–H and O–H groups in total. The van der Waals surface area contributed by atoms with Gasteiger partial charge in [0, 0.05) is 5.69 Å². The summed E-state index contributed by atoms with van der Waals surface area (Å²) in [5, 5.41) is 3.27. The SMILES string of the molecule is Cc1ccc(Nc2ccc(N)c(OC(C)C)n2)cc1C. The molecular formula is C16H21N3O. The third-order valence-electron chi connectivity index (χ3n) is 3.02. The van der Waals surface area contributed by atoms with Gasteiger partial charge in [-0.05, 0) is 63.1 Å². The Morgan fingerprint density at radius 2 is 1.85 bits per heavy atom. The first kappa shape index (κ1) is 14.2. The van der Waals surface area contributed by atoms with Crippen LogP contribution >= 0.6 is 0 Å². The predicted molar refractivity (Wildman–Crippen MR) is 83.6 cm³/mol. The monoisotopic (exact) mass is 271 g/mol. The summed E-state index contributed by atoms with van der Waals surface area (Å²) in [4.78, 5) is 4.40. The predicted octanol–water partition coefficient (Wildman–Crippen LogP) is 3.81. The lowest BCUT2D eigenvalue weighted by Gasteiger charge is -2.13. The molecule has 0 unspecified atom stereocenters. The van der Waals surface area contributed by atoms with Crippen molar-refractivity contribution in [1.29, 1.82) is 0 Å². The molecule has 2 aromatic rings. The molecule has 2 rings (SSSR count). The van der Waals surface area contributed by atoms with Crippen molar-refractivity contribution in [2.24, 2.45) is 0 Å². The number of pyridine rings is 1. The van der Waals surface area contributed by atoms with Crippen molar-refractivity contribution in [3.8, 4) is 5.88 Å². The van der Waals surface area contributed by atoms with Crippen molar-refractivity contribution in [2.45, 2.75) is 33.8 Å². The molecule has 0 aliphatic carbocycles. The molecule has 0 aliphatic rings. The smallest absolute Gasteiger partial charge is 0.239 e. The number of nitrogen functional groups attached to an aromatic ring is 1. The van der Waals surface area contributed by atoms with Crippen LogP contribution in [0.2, 0.25) is 0 Å². The van der Waals surface area contributed by atoms with E-state index >= 15 is 0 Å². The number of hydrogen-bond acceptors (Lipinski definition) is 4. The van der Waals surface area contributed by atoms with Gasteiger partial charge in [-0.3, -0.25) is 0 Å². The van der Waals surface area contributed by atoms with Crippen molar-refractivity contribution >= 4 is 17.2 Å². The number of ether oxygens (including phenoxy) is 1. The number of nitrogens with one attached hydrogen (secondary N) is 1. The molecule has 0 bridgehead atoms. The number of anilines is 3. The van der Waals surface area contributed by atoms with E-state index in [1.807, 2.05) is 26.0 Å². The van der Waals surface area contributed by atoms with Crippen LogP contribution in [0.3, 0.4) is 0 Å². The van der Waals surface area contributed by atoms with E-state index in [1.54, 1.807) is 6.07 Å². The van der Waals surface area contributed by atoms with Gasteiger partial charge < -0.3 is 15.8 Å². The minimum atomic E-state index is 0.0432. The summed E-state index contributed by atoms with van der Waals surface area (Å²) in [5.74, 6) is 1.19. The van der Waals surface area contributed by atoms with Crippen molar-refractivity contribution < 1.29 is 4.74 Å². The normalized spacial score (nSPS) is 10.7. The lowest BCUT2D eigenvalue weighted by atomic mass is 10.1. The second kappa shape index (κ2) is 5.82. The summed E-state index contributed by atoms with van der Waals surface area (Å²) >= 11 is 0. The Balaban J connectivity index is 2.22. The molecule has 0 radical (unpaired) electrons. The number of benzene rings is 1. The van der Waals surface area contributed by atoms with Gasteiger partial charge in [0.15, 0.2) is 0 Å². The maximum atomic E-state index is 5.86. The molecule has 4 heteroatoms. The van der Waals surface area contributed by atoms with Crippen LogP contribution in [0, 0.1) is 13.8 Å². The molecule has 4 nitrogen and oxygen atoms in total. The molecule has 0 atom stereocenters. The third-order valence-corrected chi connectivity index (χ3v) is 3.02. The van der Waals surface area contributed by atoms with E-state index in [9.17, 15) is 0 Å². The highest BCUT2D eigenvalue weighted by atomic mass is 16.5. The third kappa shape index (κ3) is 3.41. The summed E-state index contributed by atoms with van der Waals surface area (Å²) in [5.41, 5.74) is 9.91. The van der Waals surface area contributed by atoms with Gasteiger partial charge in [-0.2, -0.15) is 4.98 Å². The van der Waals surface area contributed by atoms with Crippen LogP contribution < -0.4 is 15.8 Å². The standard InChI is InChI=1S/C16H21N3O/c1-10(2)20-16-14(17)7-8-15(19-16)18-13-6-5-11(3)12(4)9-13/h5-10H,17H2,1-4H3,(H,18,19). The summed E-state index contributed by atoms with van der Waals surface area (Å²) in [6, 6.07) is 9.85. The van der Waals surface area contributed by atoms with E-state index < -0.39 is 0 Å². The quantitative estimate of drug-likeness (QED) is 0.887. The number of nitrogens with two attached hydrogens (primary N) is 1. The number of hydrogen-bond donors (Lipinski definition) is 2. The van der Waals surface area contributed by atoms with Crippen molar-refractivity contribution in [1.82, 2.24) is 4.98 Å². The largest absolute Gasteiger partial charge is 0.473 e. The summed E-state index contributed by atoms with van der Waals surface area (Å²) in [6.45, 7) is 8.08. The Labute approximate surface area is 120 Å². The second-order valence-electron chi connectivity index (χ2n) is 5.18. The molecule has 0 saturated carbocycles. The van der Waals surface area contributed by atoms with E-state index in [0.29, 0.717) is 11.6 Å². The number of nitrogens with zero attached hydrogens (tertiary/aromatic N) is 1. The Morgan fingerprint density at radius 3 is 2.50 bits per heavy atom. The molecule has 106 valence electrons. The van der Waals surface area contributed by atoms with Gasteiger partial charge >= 0.3 is 0 Å². The fourth-order valence-corrected chi connectivity index (χ4v) is 1.81. The van der Waals surface area contributed by atoms with Crippen LogP contribution in [-0.2, 0) is 0 Å². The van der Waals surface area contributed by atoms with Gasteiger partial charge in [0.05, 0.1) is 11.8 Å². The second-order valence-corrected chi connectivity index (χ2v) is 5.18. The molecule has 0 saturated heterocycles. The molecule has 20 heavy (non-hydrogen) atoms. The average molecular weight is 271 g/mol. The zero-order chi connectivity index (χ0) is 14.7. The van der Waals surface area contributed by atoms with Gasteiger partial charge in [0.2, 0.25) is 5.88 Å². The highest BCUT2D eigenvalue weighted by Crippen LogP contribution is 2.24. The first-order chi connectivity index (χ1) is 9.45. The highest BCUT2D eigenvalue weighted by Gasteiger charge is 2.07. The molecule has 0 fully saturated rings. The lowest BCUT2D eigenvalue weighted by Crippen LogP contribution is -2.09. The average Bonchev–Trinajstić information content (AvgIpc) is 2.37. The van der Waals surface area contributed by atoms with Gasteiger partial charge in [-0.25, -0.2) is 0 Å². The Hall–Kier alpha value is -2.23. The number of aryl methyl sites for hydroxylation is 2. The Kier molecular flexibility index (Phi) is 4.13. The molecule has 1 heterocycles. The molecule has 0 amide bonds. The van der Waals surface area contributed by atoms with Gasteiger partial charge in [-0.1, -0.05) is 6.07 Å². The van der Waals surface area contributed by atoms with Gasteiger partial charge in [-0.15, -0.1) is 0 Å². The van der Waals surface area contributed by atoms with E-state index in [4.69, 9.17) is 10.5 Å². The van der Waals surface area contributed by atoms with Crippen LogP contribution in [0.25, 0.3) is 0 Å². The fraction of sp³-hybridized carbons (Fsp3) is 0.312. The van der Waals surface area contributed by atoms with Gasteiger partial charge in [0.25, 0.3) is 0 Å². The van der Waals surface area contributed by atoms with Crippen molar-refractivity contribution in [3.63, 3.8) is 0 Å². The molecule has 1 aromatic carbocycles. The molecular weight excluding hydrogens is 250 g/mol. The van der Waals surface area contributed by atoms with E-state index in [2.05, 4.69) is 36.3 Å². The fourth-order valence-electron chi connectivity index (χ4n) is 1.81. The molecule has 0 aliphatic heterocycles. The highest BCUT2D eigenvalue weighted by molar-refractivity contribution is 5.61. The first-order valence-electron chi connectivity index (χ1n) is 6.73. The van der Waals surface area contributed by atoms with E-state index in [1.165, 1.54) is 11.1 Å². The maximum absolute atomic E-state index is 5.86. The van der Waals surface area contributed by atoms with Gasteiger partial charge in [0.1, 0.15) is 5.82 Å². The number of aromatic nitrogens is 1. The molecule has 1 aromatic heterocycles. The lowest BCUT2D eigenvalue weighted by molar-refractivity contribution is 0.234. The molecule has 0 spiro atoms. The maximum Gasteiger partial charge on any atom is 0.239 e. The van der Waals surface area contributed by atoms with Crippen LogP contribution in [0.4, 0.5) is 17.2 Å². The first-order valence-corrected chi connectivity index (χ1v) is 6.73. The summed E-state index contributed by atoms with van der Waals surface area (Å²) < 4.78 is 5.59. The summed E-state index contributed by atoms with van der Waals surface area (Å²) in [7, 11) is 0. The minimum Gasteiger partial charge on any atom is -0.473 e. The van der Waals surface area contributed by atoms with Crippen LogP contribution in [-0.4, -0.2) is 11.1 Å². The van der Waals surface area contributed by atoms with E-state index in [-0.39, 0.29) is 6.10 Å². The Morgan fingerprint density at radius 1 is 1.10 bits per heavy atom. The van der Waals surface area contributed by atoms with Crippen LogP contribution in [0.15, 0.2) is 30.3 Å². The minimum absolute atomic E-state index is 0.0432. The van der Waals surface area contributed by atoms with Crippen molar-refractivity contribution in [2.75, 3.05) is 11.1 Å². The van der Waals surface area contributed by atoms with E-state index in [0.717, 1.165) is 11.5 Å². The topological polar surface area (TPSA) is 60.2 Å².